The van der Waals surface area contributed by atoms with Crippen LogP contribution in [0.2, 0.25) is 10.0 Å². The van der Waals surface area contributed by atoms with Gasteiger partial charge in [0, 0.05) is 12.7 Å². The highest BCUT2D eigenvalue weighted by atomic mass is 35.5. The van der Waals surface area contributed by atoms with Gasteiger partial charge in [0.05, 0.1) is 21.3 Å². The fraction of sp³-hybridized carbons (Fsp3) is 0.474. The fourth-order valence-corrected chi connectivity index (χ4v) is 3.89. The molecule has 0 spiro atoms. The first-order valence-corrected chi connectivity index (χ1v) is 10.1. The molecule has 1 aromatic rings. The Morgan fingerprint density at radius 2 is 1.93 bits per heavy atom. The Bertz CT molecular complexity index is 807. The second-order valence-electron chi connectivity index (χ2n) is 7.13. The molecule has 1 fully saturated rings. The first-order valence-electron chi connectivity index (χ1n) is 9.34. The molecule has 2 N–H and O–H groups in total. The third-order valence-electron chi connectivity index (χ3n) is 5.03. The molecule has 1 unspecified atom stereocenters. The van der Waals surface area contributed by atoms with Crippen LogP contribution in [0.25, 0.3) is 0 Å². The minimum atomic E-state index is -4.72. The number of hydrogen-bond donors (Lipinski definition) is 2. The number of alkyl halides is 3. The lowest BCUT2D eigenvalue weighted by Crippen LogP contribution is -2.53. The number of halogens is 5. The number of aliphatic imine (C=N–C) groups is 1. The van der Waals surface area contributed by atoms with Crippen molar-refractivity contribution >= 4 is 41.1 Å². The van der Waals surface area contributed by atoms with E-state index in [1.807, 2.05) is 0 Å². The highest BCUT2D eigenvalue weighted by Crippen LogP contribution is 2.35. The van der Waals surface area contributed by atoms with E-state index in [0.717, 1.165) is 44.6 Å². The van der Waals surface area contributed by atoms with E-state index < -0.39 is 23.7 Å². The summed E-state index contributed by atoms with van der Waals surface area (Å²) in [4.78, 5) is 16.4. The van der Waals surface area contributed by atoms with E-state index in [2.05, 4.69) is 15.7 Å². The topological polar surface area (TPSA) is 56.7 Å². The molecule has 0 bridgehead atoms. The van der Waals surface area contributed by atoms with Crippen LogP contribution in [0, 0.1) is 5.92 Å². The van der Waals surface area contributed by atoms with E-state index in [0.29, 0.717) is 17.5 Å². The third-order valence-corrected chi connectivity index (χ3v) is 5.85. The van der Waals surface area contributed by atoms with Gasteiger partial charge < -0.3 is 5.32 Å². The van der Waals surface area contributed by atoms with Crippen LogP contribution < -0.4 is 10.7 Å². The SMILES string of the molecule is O=C(NCC1CCCCC1)C1=CN=CN(Nc2cccc(Cl)c2Cl)C1C(F)(F)F. The van der Waals surface area contributed by atoms with E-state index in [4.69, 9.17) is 23.2 Å². The average Bonchev–Trinajstić information content (AvgIpc) is 2.69. The molecule has 1 amide bonds. The maximum Gasteiger partial charge on any atom is 0.415 e. The van der Waals surface area contributed by atoms with Gasteiger partial charge in [-0.05, 0) is 30.9 Å². The predicted molar refractivity (Wildman–Crippen MR) is 108 cm³/mol. The molecule has 1 saturated carbocycles. The first-order chi connectivity index (χ1) is 13.8. The number of anilines is 1. The van der Waals surface area contributed by atoms with Gasteiger partial charge in [-0.2, -0.15) is 13.2 Å². The lowest BCUT2D eigenvalue weighted by molar-refractivity contribution is -0.163. The van der Waals surface area contributed by atoms with E-state index in [-0.39, 0.29) is 15.7 Å². The molecule has 1 heterocycles. The van der Waals surface area contributed by atoms with E-state index >= 15 is 0 Å². The third kappa shape index (κ3) is 5.36. The normalized spacial score (nSPS) is 20.4. The van der Waals surface area contributed by atoms with Gasteiger partial charge in [-0.15, -0.1) is 0 Å². The second-order valence-corrected chi connectivity index (χ2v) is 7.91. The Kier molecular flexibility index (Phi) is 6.95. The van der Waals surface area contributed by atoms with Crippen molar-refractivity contribution in [3.63, 3.8) is 0 Å². The van der Waals surface area contributed by atoms with Gasteiger partial charge in [0.15, 0.2) is 6.04 Å². The standard InChI is InChI=1S/C19H21Cl2F3N4O/c20-14-7-4-8-15(16(14)21)27-28-11-25-10-13(17(28)19(22,23)24)18(29)26-9-12-5-2-1-3-6-12/h4,7-8,10-12,17,27H,1-3,5-6,9H2,(H,26,29). The Labute approximate surface area is 176 Å². The summed E-state index contributed by atoms with van der Waals surface area (Å²) in [6.45, 7) is 0.359. The minimum Gasteiger partial charge on any atom is -0.352 e. The lowest BCUT2D eigenvalue weighted by atomic mass is 9.89. The van der Waals surface area contributed by atoms with Gasteiger partial charge in [0.25, 0.3) is 5.91 Å². The summed E-state index contributed by atoms with van der Waals surface area (Å²) < 4.78 is 41.6. The zero-order valence-corrected chi connectivity index (χ0v) is 17.0. The lowest BCUT2D eigenvalue weighted by Gasteiger charge is -2.35. The van der Waals surface area contributed by atoms with Crippen LogP contribution >= 0.6 is 23.2 Å². The maximum absolute atomic E-state index is 13.9. The van der Waals surface area contributed by atoms with Gasteiger partial charge >= 0.3 is 6.18 Å². The largest absolute Gasteiger partial charge is 0.415 e. The molecule has 1 aromatic carbocycles. The van der Waals surface area contributed by atoms with Crippen molar-refractivity contribution in [2.45, 2.75) is 44.3 Å². The van der Waals surface area contributed by atoms with Crippen molar-refractivity contribution in [2.24, 2.45) is 10.9 Å². The van der Waals surface area contributed by atoms with E-state index in [1.54, 1.807) is 6.07 Å². The van der Waals surface area contributed by atoms with Crippen LogP contribution in [-0.4, -0.2) is 36.0 Å². The molecule has 3 rings (SSSR count). The summed E-state index contributed by atoms with van der Waals surface area (Å²) in [7, 11) is 0. The molecule has 1 aliphatic heterocycles. The monoisotopic (exact) mass is 448 g/mol. The van der Waals surface area contributed by atoms with Crippen LogP contribution in [0.1, 0.15) is 32.1 Å². The molecule has 158 valence electrons. The van der Waals surface area contributed by atoms with Crippen molar-refractivity contribution in [1.82, 2.24) is 10.3 Å². The number of nitrogens with one attached hydrogen (secondary N) is 2. The van der Waals surface area contributed by atoms with Gasteiger partial charge in [-0.25, -0.2) is 4.99 Å². The van der Waals surface area contributed by atoms with Crippen LogP contribution in [0.3, 0.4) is 0 Å². The zero-order valence-electron chi connectivity index (χ0n) is 15.5. The molecule has 0 saturated heterocycles. The minimum absolute atomic E-state index is 0.0707. The molecular formula is C19H21Cl2F3N4O. The second kappa shape index (κ2) is 9.26. The summed E-state index contributed by atoms with van der Waals surface area (Å²) in [5.74, 6) is -0.483. The van der Waals surface area contributed by atoms with Gasteiger partial charge in [0.2, 0.25) is 0 Å². The Balaban J connectivity index is 1.76. The quantitative estimate of drug-likeness (QED) is 0.652. The summed E-state index contributed by atoms with van der Waals surface area (Å²) in [6.07, 6.45) is 2.46. The number of carbonyl (C=O) groups excluding carboxylic acids is 1. The molecule has 1 aliphatic carbocycles. The van der Waals surface area contributed by atoms with E-state index in [1.165, 1.54) is 12.1 Å². The maximum atomic E-state index is 13.9. The van der Waals surface area contributed by atoms with Crippen molar-refractivity contribution in [3.8, 4) is 0 Å². The van der Waals surface area contributed by atoms with Gasteiger partial charge in [-0.1, -0.05) is 48.5 Å². The van der Waals surface area contributed by atoms with Crippen LogP contribution in [-0.2, 0) is 4.79 Å². The summed E-state index contributed by atoms with van der Waals surface area (Å²) in [5.41, 5.74) is 2.25. The first kappa shape index (κ1) is 21.8. The molecule has 0 radical (unpaired) electrons. The smallest absolute Gasteiger partial charge is 0.352 e. The van der Waals surface area contributed by atoms with Crippen LogP contribution in [0.4, 0.5) is 18.9 Å². The van der Waals surface area contributed by atoms with E-state index in [9.17, 15) is 18.0 Å². The number of amides is 1. The molecule has 10 heteroatoms. The highest BCUT2D eigenvalue weighted by Gasteiger charge is 2.49. The van der Waals surface area contributed by atoms with Crippen LogP contribution in [0.5, 0.6) is 0 Å². The van der Waals surface area contributed by atoms with Crippen molar-refractivity contribution in [2.75, 3.05) is 12.0 Å². The number of nitrogens with zero attached hydrogens (tertiary/aromatic N) is 2. The Morgan fingerprint density at radius 3 is 2.62 bits per heavy atom. The summed E-state index contributed by atoms with van der Waals surface area (Å²) >= 11 is 12.0. The van der Waals surface area contributed by atoms with Gasteiger partial charge in [0.1, 0.15) is 6.34 Å². The van der Waals surface area contributed by atoms with Gasteiger partial charge in [-0.3, -0.25) is 15.2 Å². The number of benzene rings is 1. The Morgan fingerprint density at radius 1 is 1.21 bits per heavy atom. The molecule has 5 nitrogen and oxygen atoms in total. The fourth-order valence-electron chi connectivity index (χ4n) is 3.54. The highest BCUT2D eigenvalue weighted by molar-refractivity contribution is 6.43. The van der Waals surface area contributed by atoms with Crippen LogP contribution in [0.15, 0.2) is 35.0 Å². The molecule has 29 heavy (non-hydrogen) atoms. The number of rotatable bonds is 5. The Hall–Kier alpha value is -1.93. The molecule has 1 atom stereocenters. The van der Waals surface area contributed by atoms with Crippen molar-refractivity contribution in [3.05, 3.63) is 40.0 Å². The number of hydrogen-bond acceptors (Lipinski definition) is 4. The molecule has 2 aliphatic rings. The number of hydrazine groups is 1. The molecule has 0 aromatic heterocycles. The summed E-state index contributed by atoms with van der Waals surface area (Å²) in [6, 6.07) is 2.33. The summed E-state index contributed by atoms with van der Waals surface area (Å²) in [5, 5.41) is 3.62. The van der Waals surface area contributed by atoms with Crippen molar-refractivity contribution < 1.29 is 18.0 Å². The molecular weight excluding hydrogens is 428 g/mol. The zero-order chi connectivity index (χ0) is 21.0. The number of carbonyl (C=O) groups is 1. The predicted octanol–water partition coefficient (Wildman–Crippen LogP) is 5.18. The average molecular weight is 449 g/mol. The van der Waals surface area contributed by atoms with Crippen molar-refractivity contribution in [1.29, 1.82) is 0 Å².